The van der Waals surface area contributed by atoms with Gasteiger partial charge < -0.3 is 10.6 Å². The van der Waals surface area contributed by atoms with Crippen LogP contribution in [0.4, 0.5) is 11.4 Å². The first-order valence-corrected chi connectivity index (χ1v) is 8.98. The van der Waals surface area contributed by atoms with Gasteiger partial charge in [0.05, 0.1) is 38.5 Å². The van der Waals surface area contributed by atoms with Crippen molar-refractivity contribution >= 4 is 57.2 Å². The molecule has 0 aliphatic carbocycles. The molecule has 24 heavy (non-hydrogen) atoms. The van der Waals surface area contributed by atoms with Crippen molar-refractivity contribution in [2.45, 2.75) is 16.6 Å². The first-order valence-electron chi connectivity index (χ1n) is 7.01. The van der Waals surface area contributed by atoms with Crippen LogP contribution in [0.2, 0.25) is 10.0 Å². The molecule has 2 aromatic carbocycles. The van der Waals surface area contributed by atoms with E-state index < -0.39 is 27.9 Å². The Hall–Kier alpha value is -1.89. The molecular weight excluding hydrogens is 371 g/mol. The Morgan fingerprint density at radius 3 is 2.75 bits per heavy atom. The number of hydrogen-bond donors (Lipinski definition) is 2. The molecule has 0 spiro atoms. The fourth-order valence-electron chi connectivity index (χ4n) is 2.34. The van der Waals surface area contributed by atoms with E-state index in [1.807, 2.05) is 0 Å². The highest BCUT2D eigenvalue weighted by atomic mass is 35.5. The second-order valence-corrected chi connectivity index (χ2v) is 7.60. The molecule has 3 rings (SSSR count). The largest absolute Gasteiger partial charge is 0.325 e. The third-order valence-corrected chi connectivity index (χ3v) is 5.74. The van der Waals surface area contributed by atoms with Crippen LogP contribution in [0.1, 0.15) is 6.42 Å². The first kappa shape index (κ1) is 17.0. The van der Waals surface area contributed by atoms with Crippen molar-refractivity contribution in [1.29, 1.82) is 0 Å². The van der Waals surface area contributed by atoms with Gasteiger partial charge in [0.25, 0.3) is 0 Å². The Labute approximate surface area is 150 Å². The lowest BCUT2D eigenvalue weighted by Crippen LogP contribution is -2.39. The fraction of sp³-hybridized carbons (Fsp3) is 0.125. The standard InChI is InChI=1S/C16H12Cl2N2O3S/c17-9-5-6-10(18)12(7-9)19-15(21)8-14-16(22)20-11-3-1-2-4-13(11)24(14)23/h1-7,14H,8H2,(H,19,21)(H,20,22)/t14-,24-/m0/s1. The van der Waals surface area contributed by atoms with E-state index in [0.29, 0.717) is 26.3 Å². The Morgan fingerprint density at radius 2 is 1.96 bits per heavy atom. The molecule has 2 amide bonds. The lowest BCUT2D eigenvalue weighted by molar-refractivity contribution is -0.120. The summed E-state index contributed by atoms with van der Waals surface area (Å²) < 4.78 is 12.6. The molecule has 5 nitrogen and oxygen atoms in total. The molecular formula is C16H12Cl2N2O3S. The van der Waals surface area contributed by atoms with Crippen LogP contribution in [0, 0.1) is 0 Å². The number of para-hydroxylation sites is 1. The Kier molecular flexibility index (Phi) is 4.89. The summed E-state index contributed by atoms with van der Waals surface area (Å²) in [6.07, 6.45) is -0.227. The van der Waals surface area contributed by atoms with E-state index in [0.717, 1.165) is 0 Å². The number of benzene rings is 2. The van der Waals surface area contributed by atoms with Crippen LogP contribution < -0.4 is 10.6 Å². The fourth-order valence-corrected chi connectivity index (χ4v) is 4.09. The van der Waals surface area contributed by atoms with E-state index in [1.165, 1.54) is 6.07 Å². The maximum atomic E-state index is 12.6. The van der Waals surface area contributed by atoms with Gasteiger partial charge in [0, 0.05) is 5.02 Å². The summed E-state index contributed by atoms with van der Waals surface area (Å²) >= 11 is 11.9. The van der Waals surface area contributed by atoms with Gasteiger partial charge in [0.1, 0.15) is 5.25 Å². The highest BCUT2D eigenvalue weighted by molar-refractivity contribution is 7.86. The predicted molar refractivity (Wildman–Crippen MR) is 95.0 cm³/mol. The van der Waals surface area contributed by atoms with E-state index in [-0.39, 0.29) is 6.42 Å². The number of fused-ring (bicyclic) bond motifs is 1. The van der Waals surface area contributed by atoms with Crippen molar-refractivity contribution < 1.29 is 13.8 Å². The zero-order valence-corrected chi connectivity index (χ0v) is 14.5. The van der Waals surface area contributed by atoms with Gasteiger partial charge in [0.2, 0.25) is 11.8 Å². The summed E-state index contributed by atoms with van der Waals surface area (Å²) in [7, 11) is -1.60. The van der Waals surface area contributed by atoms with Gasteiger partial charge in [-0.2, -0.15) is 0 Å². The van der Waals surface area contributed by atoms with Gasteiger partial charge in [-0.25, -0.2) is 0 Å². The SMILES string of the molecule is O=C(C[C@H]1C(=O)Nc2ccccc2[S@@]1=O)Nc1cc(Cl)ccc1Cl. The van der Waals surface area contributed by atoms with Crippen molar-refractivity contribution in [3.05, 3.63) is 52.5 Å². The van der Waals surface area contributed by atoms with Crippen molar-refractivity contribution in [3.8, 4) is 0 Å². The summed E-state index contributed by atoms with van der Waals surface area (Å²) in [5, 5.41) is 5.05. The van der Waals surface area contributed by atoms with E-state index in [9.17, 15) is 13.8 Å². The molecule has 0 aromatic heterocycles. The van der Waals surface area contributed by atoms with Crippen LogP contribution in [0.3, 0.4) is 0 Å². The smallest absolute Gasteiger partial charge is 0.241 e. The van der Waals surface area contributed by atoms with Gasteiger partial charge >= 0.3 is 0 Å². The molecule has 124 valence electrons. The lowest BCUT2D eigenvalue weighted by Gasteiger charge is -2.23. The van der Waals surface area contributed by atoms with Crippen LogP contribution in [0.25, 0.3) is 0 Å². The molecule has 8 heteroatoms. The number of halogens is 2. The number of anilines is 2. The molecule has 0 bridgehead atoms. The quantitative estimate of drug-likeness (QED) is 0.853. The van der Waals surface area contributed by atoms with E-state index >= 15 is 0 Å². The summed E-state index contributed by atoms with van der Waals surface area (Å²) in [5.74, 6) is -0.911. The van der Waals surface area contributed by atoms with Crippen LogP contribution in [0.15, 0.2) is 47.4 Å². The van der Waals surface area contributed by atoms with Crippen LogP contribution >= 0.6 is 23.2 Å². The number of rotatable bonds is 3. The summed E-state index contributed by atoms with van der Waals surface area (Å²) in [5.41, 5.74) is 0.854. The zero-order chi connectivity index (χ0) is 17.3. The highest BCUT2D eigenvalue weighted by Crippen LogP contribution is 2.29. The maximum Gasteiger partial charge on any atom is 0.241 e. The number of nitrogens with one attached hydrogen (secondary N) is 2. The van der Waals surface area contributed by atoms with Crippen molar-refractivity contribution in [2.24, 2.45) is 0 Å². The minimum absolute atomic E-state index is 0.227. The summed E-state index contributed by atoms with van der Waals surface area (Å²) in [4.78, 5) is 24.9. The molecule has 1 aliphatic heterocycles. The number of carbonyl (C=O) groups is 2. The summed E-state index contributed by atoms with van der Waals surface area (Å²) in [6.45, 7) is 0. The number of carbonyl (C=O) groups excluding carboxylic acids is 2. The van der Waals surface area contributed by atoms with Crippen LogP contribution in [0.5, 0.6) is 0 Å². The normalized spacial score (nSPS) is 19.3. The Bertz CT molecular complexity index is 857. The van der Waals surface area contributed by atoms with Gasteiger partial charge in [0.15, 0.2) is 0 Å². The van der Waals surface area contributed by atoms with Gasteiger partial charge in [-0.15, -0.1) is 0 Å². The monoisotopic (exact) mass is 382 g/mol. The first-order chi connectivity index (χ1) is 11.5. The molecule has 0 fully saturated rings. The van der Waals surface area contributed by atoms with Gasteiger partial charge in [-0.1, -0.05) is 35.3 Å². The van der Waals surface area contributed by atoms with Crippen molar-refractivity contribution in [1.82, 2.24) is 0 Å². The highest BCUT2D eigenvalue weighted by Gasteiger charge is 2.34. The minimum Gasteiger partial charge on any atom is -0.325 e. The van der Waals surface area contributed by atoms with E-state index in [2.05, 4.69) is 10.6 Å². The molecule has 1 aliphatic rings. The topological polar surface area (TPSA) is 75.3 Å². The van der Waals surface area contributed by atoms with E-state index in [4.69, 9.17) is 23.2 Å². The molecule has 0 saturated heterocycles. The predicted octanol–water partition coefficient (Wildman–Crippen LogP) is 3.45. The second kappa shape index (κ2) is 6.93. The maximum absolute atomic E-state index is 12.6. The molecule has 0 saturated carbocycles. The lowest BCUT2D eigenvalue weighted by atomic mass is 10.2. The molecule has 0 unspecified atom stereocenters. The third kappa shape index (κ3) is 3.45. The van der Waals surface area contributed by atoms with E-state index in [1.54, 1.807) is 36.4 Å². The van der Waals surface area contributed by atoms with Gasteiger partial charge in [-0.3, -0.25) is 13.8 Å². The Morgan fingerprint density at radius 1 is 1.21 bits per heavy atom. The number of amides is 2. The minimum atomic E-state index is -1.60. The molecule has 1 heterocycles. The molecule has 0 radical (unpaired) electrons. The Balaban J connectivity index is 1.76. The van der Waals surface area contributed by atoms with Crippen molar-refractivity contribution in [2.75, 3.05) is 10.6 Å². The molecule has 2 atom stereocenters. The van der Waals surface area contributed by atoms with Crippen LogP contribution in [-0.4, -0.2) is 21.3 Å². The van der Waals surface area contributed by atoms with Gasteiger partial charge in [-0.05, 0) is 30.3 Å². The molecule has 2 N–H and O–H groups in total. The second-order valence-electron chi connectivity index (χ2n) is 5.15. The average Bonchev–Trinajstić information content (AvgIpc) is 2.55. The zero-order valence-electron chi connectivity index (χ0n) is 12.2. The summed E-state index contributed by atoms with van der Waals surface area (Å²) in [6, 6.07) is 11.5. The third-order valence-electron chi connectivity index (χ3n) is 3.49. The van der Waals surface area contributed by atoms with Crippen LogP contribution in [-0.2, 0) is 20.4 Å². The average molecular weight is 383 g/mol. The molecule has 2 aromatic rings. The van der Waals surface area contributed by atoms with Crippen molar-refractivity contribution in [3.63, 3.8) is 0 Å². The number of hydrogen-bond acceptors (Lipinski definition) is 3.